The standard InChI is InChI=1S/C14H11Cl2NO2S/c15-8-4-7(5-9(16)6-8)13-17-12-10(14(18)19)2-1-3-11(12)20-13/h4-6,10H,1-3H2,(H,18,19). The molecule has 0 saturated heterocycles. The van der Waals surface area contributed by atoms with Crippen LogP contribution in [0.5, 0.6) is 0 Å². The topological polar surface area (TPSA) is 50.2 Å². The zero-order chi connectivity index (χ0) is 14.3. The number of hydrogen-bond donors (Lipinski definition) is 1. The summed E-state index contributed by atoms with van der Waals surface area (Å²) in [5, 5.41) is 11.2. The molecule has 0 aliphatic heterocycles. The fraction of sp³-hybridized carbons (Fsp3) is 0.286. The Kier molecular flexibility index (Phi) is 3.71. The van der Waals surface area contributed by atoms with Crippen LogP contribution in [0, 0.1) is 0 Å². The lowest BCUT2D eigenvalue weighted by molar-refractivity contribution is -0.139. The van der Waals surface area contributed by atoms with E-state index < -0.39 is 11.9 Å². The summed E-state index contributed by atoms with van der Waals surface area (Å²) in [6.07, 6.45) is 2.44. The first-order chi connectivity index (χ1) is 9.54. The van der Waals surface area contributed by atoms with E-state index in [9.17, 15) is 9.90 Å². The van der Waals surface area contributed by atoms with Gasteiger partial charge in [0.25, 0.3) is 0 Å². The molecule has 1 aromatic heterocycles. The number of hydrogen-bond acceptors (Lipinski definition) is 3. The maximum atomic E-state index is 11.3. The molecule has 0 amide bonds. The number of thiazole rings is 1. The largest absolute Gasteiger partial charge is 0.481 e. The van der Waals surface area contributed by atoms with Crippen molar-refractivity contribution in [3.8, 4) is 10.6 Å². The van der Waals surface area contributed by atoms with Gasteiger partial charge in [-0.05, 0) is 37.5 Å². The van der Waals surface area contributed by atoms with Gasteiger partial charge in [0.15, 0.2) is 0 Å². The molecule has 0 saturated carbocycles. The summed E-state index contributed by atoms with van der Waals surface area (Å²) in [6, 6.07) is 5.27. The molecule has 2 aromatic rings. The summed E-state index contributed by atoms with van der Waals surface area (Å²) in [7, 11) is 0. The molecule has 6 heteroatoms. The molecule has 1 aliphatic carbocycles. The third kappa shape index (κ3) is 2.55. The van der Waals surface area contributed by atoms with E-state index in [1.807, 2.05) is 0 Å². The van der Waals surface area contributed by atoms with Crippen LogP contribution in [0.4, 0.5) is 0 Å². The van der Waals surface area contributed by atoms with E-state index in [0.717, 1.165) is 28.3 Å². The van der Waals surface area contributed by atoms with Gasteiger partial charge in [0.2, 0.25) is 0 Å². The van der Waals surface area contributed by atoms with E-state index in [4.69, 9.17) is 23.2 Å². The molecule has 1 atom stereocenters. The molecule has 3 rings (SSSR count). The van der Waals surface area contributed by atoms with Gasteiger partial charge in [-0.1, -0.05) is 23.2 Å². The quantitative estimate of drug-likeness (QED) is 0.875. The number of rotatable bonds is 2. The second-order valence-electron chi connectivity index (χ2n) is 4.77. The number of carbonyl (C=O) groups is 1. The number of benzene rings is 1. The fourth-order valence-corrected chi connectivity index (χ4v) is 4.14. The molecular weight excluding hydrogens is 317 g/mol. The van der Waals surface area contributed by atoms with Crippen molar-refractivity contribution < 1.29 is 9.90 Å². The minimum Gasteiger partial charge on any atom is -0.481 e. The smallest absolute Gasteiger partial charge is 0.312 e. The van der Waals surface area contributed by atoms with Crippen molar-refractivity contribution in [1.29, 1.82) is 0 Å². The monoisotopic (exact) mass is 327 g/mol. The Morgan fingerprint density at radius 2 is 2.00 bits per heavy atom. The highest BCUT2D eigenvalue weighted by atomic mass is 35.5. The molecular formula is C14H11Cl2NO2S. The first-order valence-electron chi connectivity index (χ1n) is 6.23. The Morgan fingerprint density at radius 3 is 2.65 bits per heavy atom. The lowest BCUT2D eigenvalue weighted by Crippen LogP contribution is -2.17. The Bertz CT molecular complexity index is 664. The minimum absolute atomic E-state index is 0.488. The molecule has 0 spiro atoms. The van der Waals surface area contributed by atoms with Crippen LogP contribution in [0.25, 0.3) is 10.6 Å². The third-order valence-electron chi connectivity index (χ3n) is 3.36. The van der Waals surface area contributed by atoms with Gasteiger partial charge in [-0.2, -0.15) is 0 Å². The van der Waals surface area contributed by atoms with Gasteiger partial charge in [-0.15, -0.1) is 11.3 Å². The van der Waals surface area contributed by atoms with Crippen molar-refractivity contribution in [2.45, 2.75) is 25.2 Å². The Morgan fingerprint density at radius 1 is 1.30 bits per heavy atom. The molecule has 1 aliphatic rings. The number of aromatic nitrogens is 1. The van der Waals surface area contributed by atoms with E-state index in [1.165, 1.54) is 11.3 Å². The summed E-state index contributed by atoms with van der Waals surface area (Å²) < 4.78 is 0. The maximum absolute atomic E-state index is 11.3. The van der Waals surface area contributed by atoms with Gasteiger partial charge in [0.05, 0.1) is 11.6 Å². The predicted octanol–water partition coefficient (Wildman–Crippen LogP) is 4.62. The molecule has 20 heavy (non-hydrogen) atoms. The summed E-state index contributed by atoms with van der Waals surface area (Å²) >= 11 is 13.5. The zero-order valence-electron chi connectivity index (χ0n) is 10.4. The number of aryl methyl sites for hydroxylation is 1. The van der Waals surface area contributed by atoms with Crippen LogP contribution >= 0.6 is 34.5 Å². The fourth-order valence-electron chi connectivity index (χ4n) is 2.46. The summed E-state index contributed by atoms with van der Waals surface area (Å²) in [6.45, 7) is 0. The summed E-state index contributed by atoms with van der Waals surface area (Å²) in [4.78, 5) is 16.9. The predicted molar refractivity (Wildman–Crippen MR) is 80.9 cm³/mol. The number of nitrogens with zero attached hydrogens (tertiary/aromatic N) is 1. The van der Waals surface area contributed by atoms with Gasteiger partial charge in [-0.3, -0.25) is 4.79 Å². The van der Waals surface area contributed by atoms with Crippen LogP contribution in [-0.2, 0) is 11.2 Å². The van der Waals surface area contributed by atoms with Crippen molar-refractivity contribution in [1.82, 2.24) is 4.98 Å². The van der Waals surface area contributed by atoms with Crippen molar-refractivity contribution in [2.24, 2.45) is 0 Å². The molecule has 3 nitrogen and oxygen atoms in total. The van der Waals surface area contributed by atoms with Gasteiger partial charge in [0, 0.05) is 20.5 Å². The second kappa shape index (κ2) is 5.35. The van der Waals surface area contributed by atoms with Gasteiger partial charge in [0.1, 0.15) is 5.01 Å². The van der Waals surface area contributed by atoms with Crippen LogP contribution in [-0.4, -0.2) is 16.1 Å². The average Bonchev–Trinajstić information content (AvgIpc) is 2.80. The number of halogens is 2. The van der Waals surface area contributed by atoms with E-state index in [2.05, 4.69) is 4.98 Å². The van der Waals surface area contributed by atoms with E-state index in [1.54, 1.807) is 18.2 Å². The third-order valence-corrected chi connectivity index (χ3v) is 4.98. The first kappa shape index (κ1) is 13.9. The van der Waals surface area contributed by atoms with Crippen molar-refractivity contribution >= 4 is 40.5 Å². The van der Waals surface area contributed by atoms with Gasteiger partial charge >= 0.3 is 5.97 Å². The normalized spacial score (nSPS) is 17.8. The number of aliphatic carboxylic acids is 1. The number of carboxylic acid groups (broad SMARTS) is 1. The lowest BCUT2D eigenvalue weighted by atomic mass is 9.91. The minimum atomic E-state index is -0.799. The highest BCUT2D eigenvalue weighted by Crippen LogP contribution is 2.39. The highest BCUT2D eigenvalue weighted by molar-refractivity contribution is 7.15. The molecule has 0 fully saturated rings. The van der Waals surface area contributed by atoms with Crippen LogP contribution < -0.4 is 0 Å². The van der Waals surface area contributed by atoms with Crippen molar-refractivity contribution in [3.05, 3.63) is 38.8 Å². The Balaban J connectivity index is 2.06. The maximum Gasteiger partial charge on any atom is 0.312 e. The molecule has 1 unspecified atom stereocenters. The first-order valence-corrected chi connectivity index (χ1v) is 7.80. The van der Waals surface area contributed by atoms with Crippen molar-refractivity contribution in [3.63, 3.8) is 0 Å². The second-order valence-corrected chi connectivity index (χ2v) is 6.73. The Labute approximate surface area is 130 Å². The summed E-state index contributed by atoms with van der Waals surface area (Å²) in [5.74, 6) is -1.29. The van der Waals surface area contributed by atoms with Gasteiger partial charge < -0.3 is 5.11 Å². The molecule has 0 bridgehead atoms. The number of carboxylic acids is 1. The molecule has 1 N–H and O–H groups in total. The molecule has 104 valence electrons. The number of fused-ring (bicyclic) bond motifs is 1. The van der Waals surface area contributed by atoms with Crippen LogP contribution in [0.3, 0.4) is 0 Å². The Hall–Kier alpha value is -1.10. The summed E-state index contributed by atoms with van der Waals surface area (Å²) in [5.41, 5.74) is 1.55. The SMILES string of the molecule is O=C(O)C1CCCc2sc(-c3cc(Cl)cc(Cl)c3)nc21. The van der Waals surface area contributed by atoms with Crippen LogP contribution in [0.1, 0.15) is 29.3 Å². The van der Waals surface area contributed by atoms with Gasteiger partial charge in [-0.25, -0.2) is 4.98 Å². The molecule has 0 radical (unpaired) electrons. The molecule has 1 aromatic carbocycles. The van der Waals surface area contributed by atoms with E-state index in [-0.39, 0.29) is 0 Å². The average molecular weight is 328 g/mol. The van der Waals surface area contributed by atoms with E-state index in [0.29, 0.717) is 22.2 Å². The molecule has 1 heterocycles. The highest BCUT2D eigenvalue weighted by Gasteiger charge is 2.30. The van der Waals surface area contributed by atoms with Crippen molar-refractivity contribution in [2.75, 3.05) is 0 Å². The lowest BCUT2D eigenvalue weighted by Gasteiger charge is -2.16. The van der Waals surface area contributed by atoms with Crippen LogP contribution in [0.2, 0.25) is 10.0 Å². The zero-order valence-corrected chi connectivity index (χ0v) is 12.7. The van der Waals surface area contributed by atoms with E-state index >= 15 is 0 Å². The van der Waals surface area contributed by atoms with Crippen LogP contribution in [0.15, 0.2) is 18.2 Å².